The van der Waals surface area contributed by atoms with E-state index in [1.165, 1.54) is 7.11 Å². The molecular formula is C11H21NO3. The van der Waals surface area contributed by atoms with Crippen LogP contribution in [0.5, 0.6) is 0 Å². The van der Waals surface area contributed by atoms with E-state index in [2.05, 4.69) is 10.1 Å². The van der Waals surface area contributed by atoms with Gasteiger partial charge in [0.25, 0.3) is 0 Å². The molecule has 1 aliphatic heterocycles. The molecule has 1 fully saturated rings. The molecule has 0 amide bonds. The van der Waals surface area contributed by atoms with Gasteiger partial charge in [0.1, 0.15) is 0 Å². The standard InChI is InChI=1S/C11H21NO3/c1-9(11(13)14-2)7-12-8-10-3-5-15-6-4-10/h9-10,12H,3-8H2,1-2H3. The Hall–Kier alpha value is -0.610. The number of hydrogen-bond donors (Lipinski definition) is 1. The molecule has 1 atom stereocenters. The van der Waals surface area contributed by atoms with Crippen molar-refractivity contribution in [2.75, 3.05) is 33.4 Å². The minimum absolute atomic E-state index is 0.0603. The van der Waals surface area contributed by atoms with Crippen LogP contribution >= 0.6 is 0 Å². The van der Waals surface area contributed by atoms with Crippen molar-refractivity contribution in [1.82, 2.24) is 5.32 Å². The molecule has 1 aliphatic rings. The summed E-state index contributed by atoms with van der Waals surface area (Å²) in [5, 5.41) is 3.31. The second-order valence-corrected chi connectivity index (χ2v) is 4.14. The summed E-state index contributed by atoms with van der Waals surface area (Å²) in [6.07, 6.45) is 2.25. The fourth-order valence-corrected chi connectivity index (χ4v) is 1.74. The van der Waals surface area contributed by atoms with Gasteiger partial charge in [0.2, 0.25) is 0 Å². The molecule has 4 nitrogen and oxygen atoms in total. The summed E-state index contributed by atoms with van der Waals surface area (Å²) in [5.41, 5.74) is 0. The first-order chi connectivity index (χ1) is 7.24. The number of ether oxygens (including phenoxy) is 2. The molecule has 15 heavy (non-hydrogen) atoms. The van der Waals surface area contributed by atoms with Gasteiger partial charge in [-0.15, -0.1) is 0 Å². The first kappa shape index (κ1) is 12.5. The van der Waals surface area contributed by atoms with E-state index in [0.29, 0.717) is 12.5 Å². The van der Waals surface area contributed by atoms with Gasteiger partial charge >= 0.3 is 5.97 Å². The number of rotatable bonds is 5. The van der Waals surface area contributed by atoms with Crippen LogP contribution in [0, 0.1) is 11.8 Å². The summed E-state index contributed by atoms with van der Waals surface area (Å²) < 4.78 is 9.94. The highest BCUT2D eigenvalue weighted by molar-refractivity contribution is 5.71. The van der Waals surface area contributed by atoms with Gasteiger partial charge in [0.15, 0.2) is 0 Å². The highest BCUT2D eigenvalue weighted by atomic mass is 16.5. The maximum Gasteiger partial charge on any atom is 0.309 e. The highest BCUT2D eigenvalue weighted by Crippen LogP contribution is 2.13. The zero-order valence-electron chi connectivity index (χ0n) is 9.62. The quantitative estimate of drug-likeness (QED) is 0.689. The summed E-state index contributed by atoms with van der Waals surface area (Å²) in [6, 6.07) is 0. The smallest absolute Gasteiger partial charge is 0.309 e. The van der Waals surface area contributed by atoms with Gasteiger partial charge in [0.05, 0.1) is 13.0 Å². The summed E-state index contributed by atoms with van der Waals surface area (Å²) in [5.74, 6) is 0.493. The number of esters is 1. The number of nitrogens with one attached hydrogen (secondary N) is 1. The molecule has 1 saturated heterocycles. The molecule has 0 aromatic rings. The van der Waals surface area contributed by atoms with Crippen molar-refractivity contribution in [2.45, 2.75) is 19.8 Å². The first-order valence-corrected chi connectivity index (χ1v) is 5.60. The van der Waals surface area contributed by atoms with Crippen LogP contribution in [0.3, 0.4) is 0 Å². The van der Waals surface area contributed by atoms with Gasteiger partial charge in [-0.25, -0.2) is 0 Å². The summed E-state index contributed by atoms with van der Waals surface area (Å²) >= 11 is 0. The van der Waals surface area contributed by atoms with Gasteiger partial charge in [-0.05, 0) is 25.3 Å². The fourth-order valence-electron chi connectivity index (χ4n) is 1.74. The molecule has 0 radical (unpaired) electrons. The topological polar surface area (TPSA) is 47.6 Å². The number of methoxy groups -OCH3 is 1. The third-order valence-corrected chi connectivity index (χ3v) is 2.83. The van der Waals surface area contributed by atoms with Crippen molar-refractivity contribution in [1.29, 1.82) is 0 Å². The molecular weight excluding hydrogens is 194 g/mol. The van der Waals surface area contributed by atoms with Crippen LogP contribution in [0.1, 0.15) is 19.8 Å². The van der Waals surface area contributed by atoms with Crippen molar-refractivity contribution >= 4 is 5.97 Å². The van der Waals surface area contributed by atoms with E-state index in [1.54, 1.807) is 0 Å². The van der Waals surface area contributed by atoms with Crippen molar-refractivity contribution in [2.24, 2.45) is 11.8 Å². The number of carbonyl (C=O) groups excluding carboxylic acids is 1. The van der Waals surface area contributed by atoms with Crippen LogP contribution < -0.4 is 5.32 Å². The Morgan fingerprint density at radius 1 is 1.53 bits per heavy atom. The Morgan fingerprint density at radius 2 is 2.20 bits per heavy atom. The van der Waals surface area contributed by atoms with Crippen molar-refractivity contribution in [3.63, 3.8) is 0 Å². The first-order valence-electron chi connectivity index (χ1n) is 5.60. The van der Waals surface area contributed by atoms with Gasteiger partial charge in [-0.2, -0.15) is 0 Å². The van der Waals surface area contributed by atoms with E-state index in [9.17, 15) is 4.79 Å². The zero-order valence-corrected chi connectivity index (χ0v) is 9.62. The van der Waals surface area contributed by atoms with E-state index in [4.69, 9.17) is 4.74 Å². The molecule has 1 rings (SSSR count). The number of carbonyl (C=O) groups is 1. The van der Waals surface area contributed by atoms with Gasteiger partial charge in [-0.1, -0.05) is 6.92 Å². The maximum atomic E-state index is 11.1. The summed E-state index contributed by atoms with van der Waals surface area (Å²) in [7, 11) is 1.43. The second-order valence-electron chi connectivity index (χ2n) is 4.14. The lowest BCUT2D eigenvalue weighted by Gasteiger charge is -2.22. The van der Waals surface area contributed by atoms with Gasteiger partial charge in [0, 0.05) is 19.8 Å². The zero-order chi connectivity index (χ0) is 11.1. The van der Waals surface area contributed by atoms with E-state index in [-0.39, 0.29) is 11.9 Å². The maximum absolute atomic E-state index is 11.1. The van der Waals surface area contributed by atoms with E-state index in [0.717, 1.165) is 32.6 Å². The molecule has 1 heterocycles. The average molecular weight is 215 g/mol. The van der Waals surface area contributed by atoms with Crippen LogP contribution in [0.2, 0.25) is 0 Å². The molecule has 0 spiro atoms. The molecule has 1 N–H and O–H groups in total. The van der Waals surface area contributed by atoms with Crippen molar-refractivity contribution in [3.05, 3.63) is 0 Å². The minimum atomic E-state index is -0.144. The van der Waals surface area contributed by atoms with E-state index in [1.807, 2.05) is 6.92 Å². The monoisotopic (exact) mass is 215 g/mol. The van der Waals surface area contributed by atoms with Gasteiger partial charge < -0.3 is 14.8 Å². The predicted molar refractivity (Wildman–Crippen MR) is 57.6 cm³/mol. The molecule has 0 aliphatic carbocycles. The van der Waals surface area contributed by atoms with Gasteiger partial charge in [-0.3, -0.25) is 4.79 Å². The van der Waals surface area contributed by atoms with Crippen molar-refractivity contribution in [3.8, 4) is 0 Å². The summed E-state index contributed by atoms with van der Waals surface area (Å²) in [6.45, 7) is 5.30. The molecule has 88 valence electrons. The number of hydrogen-bond acceptors (Lipinski definition) is 4. The molecule has 1 unspecified atom stereocenters. The minimum Gasteiger partial charge on any atom is -0.469 e. The van der Waals surface area contributed by atoms with Crippen LogP contribution in [0.15, 0.2) is 0 Å². The largest absolute Gasteiger partial charge is 0.469 e. The van der Waals surface area contributed by atoms with Crippen LogP contribution in [-0.4, -0.2) is 39.4 Å². The third kappa shape index (κ3) is 4.62. The Morgan fingerprint density at radius 3 is 2.80 bits per heavy atom. The lowest BCUT2D eigenvalue weighted by Crippen LogP contribution is -2.33. The lowest BCUT2D eigenvalue weighted by molar-refractivity contribution is -0.144. The molecule has 0 aromatic heterocycles. The van der Waals surface area contributed by atoms with Crippen molar-refractivity contribution < 1.29 is 14.3 Å². The normalized spacial score (nSPS) is 19.9. The van der Waals surface area contributed by atoms with Crippen LogP contribution in [0.25, 0.3) is 0 Å². The molecule has 0 bridgehead atoms. The van der Waals surface area contributed by atoms with E-state index < -0.39 is 0 Å². The van der Waals surface area contributed by atoms with Crippen LogP contribution in [-0.2, 0) is 14.3 Å². The molecule has 0 aromatic carbocycles. The second kappa shape index (κ2) is 6.80. The van der Waals surface area contributed by atoms with Crippen LogP contribution in [0.4, 0.5) is 0 Å². The Kier molecular flexibility index (Phi) is 5.65. The predicted octanol–water partition coefficient (Wildman–Crippen LogP) is 0.812. The lowest BCUT2D eigenvalue weighted by atomic mass is 10.0. The molecule has 0 saturated carbocycles. The third-order valence-electron chi connectivity index (χ3n) is 2.83. The Labute approximate surface area is 91.3 Å². The Balaban J connectivity index is 2.07. The van der Waals surface area contributed by atoms with E-state index >= 15 is 0 Å². The fraction of sp³-hybridized carbons (Fsp3) is 0.909. The summed E-state index contributed by atoms with van der Waals surface area (Å²) in [4.78, 5) is 11.1. The molecule has 4 heteroatoms. The highest BCUT2D eigenvalue weighted by Gasteiger charge is 2.15. The SMILES string of the molecule is COC(=O)C(C)CNCC1CCOCC1. The Bertz CT molecular complexity index is 190. The average Bonchev–Trinajstić information content (AvgIpc) is 2.29.